The van der Waals surface area contributed by atoms with Gasteiger partial charge in [-0.1, -0.05) is 9.35 Å². The van der Waals surface area contributed by atoms with E-state index in [9.17, 15) is 4.57 Å². The van der Waals surface area contributed by atoms with Crippen molar-refractivity contribution >= 4 is 7.82 Å². The molecule has 6 heteroatoms. The fourth-order valence-electron chi connectivity index (χ4n) is 0.0825. The van der Waals surface area contributed by atoms with Gasteiger partial charge in [-0.3, -0.25) is 4.89 Å². The molecule has 1 heterocycles. The molecule has 1 aliphatic heterocycles. The zero-order valence-electron chi connectivity index (χ0n) is 2.53. The van der Waals surface area contributed by atoms with Crippen LogP contribution in [0.1, 0.15) is 0 Å². The molecular formula is HO5P. The van der Waals surface area contributed by atoms with Crippen molar-refractivity contribution in [3.8, 4) is 0 Å². The van der Waals surface area contributed by atoms with Gasteiger partial charge in [-0.05, 0) is 5.04 Å². The molecule has 0 radical (unpaired) electrons. The number of phosphoric acid groups is 1. The molecule has 1 rings (SSSR count). The van der Waals surface area contributed by atoms with Gasteiger partial charge in [0.05, 0.1) is 0 Å². The summed E-state index contributed by atoms with van der Waals surface area (Å²) in [6.07, 6.45) is 0. The third-order valence-electron chi connectivity index (χ3n) is 0.249. The van der Waals surface area contributed by atoms with Gasteiger partial charge >= 0.3 is 7.82 Å². The van der Waals surface area contributed by atoms with Crippen molar-refractivity contribution in [1.82, 2.24) is 0 Å². The summed E-state index contributed by atoms with van der Waals surface area (Å²) in [6.45, 7) is 0. The summed E-state index contributed by atoms with van der Waals surface area (Å²) in [5, 5.41) is 3.42. The first kappa shape index (κ1) is 4.23. The topological polar surface area (TPSA) is 65.0 Å². The monoisotopic (exact) mass is 112 g/mol. The Morgan fingerprint density at radius 3 is 1.83 bits per heavy atom. The van der Waals surface area contributed by atoms with Gasteiger partial charge in [0.15, 0.2) is 0 Å². The van der Waals surface area contributed by atoms with Gasteiger partial charge in [-0.15, -0.1) is 0 Å². The highest BCUT2D eigenvalue weighted by Crippen LogP contribution is 2.52. The lowest BCUT2D eigenvalue weighted by Crippen LogP contribution is -2.04. The van der Waals surface area contributed by atoms with Gasteiger partial charge < -0.3 is 0 Å². The van der Waals surface area contributed by atoms with Gasteiger partial charge in [0, 0.05) is 0 Å². The van der Waals surface area contributed by atoms with Crippen LogP contribution in [0.4, 0.5) is 0 Å². The molecule has 36 valence electrons. The third-order valence-corrected chi connectivity index (χ3v) is 0.748. The van der Waals surface area contributed by atoms with Crippen LogP contribution in [0.25, 0.3) is 0 Å². The lowest BCUT2D eigenvalue weighted by molar-refractivity contribution is -0.498. The average molecular weight is 112 g/mol. The molecule has 0 aromatic carbocycles. The smallest absolute Gasteiger partial charge is 0.299 e. The van der Waals surface area contributed by atoms with E-state index < -0.39 is 7.82 Å². The molecule has 0 aromatic rings. The van der Waals surface area contributed by atoms with Crippen LogP contribution in [0.15, 0.2) is 0 Å². The Hall–Kier alpha value is 0.0700. The fourth-order valence-corrected chi connectivity index (χ4v) is 0.247. The van der Waals surface area contributed by atoms with Crippen LogP contribution in [-0.4, -0.2) is 4.89 Å². The molecule has 0 aromatic heterocycles. The Kier molecular flexibility index (Phi) is 0.721. The molecule has 0 unspecified atom stereocenters. The summed E-state index contributed by atoms with van der Waals surface area (Å²) in [4.78, 5) is 7.90. The van der Waals surface area contributed by atoms with E-state index >= 15 is 0 Å². The van der Waals surface area contributed by atoms with E-state index in [0.717, 1.165) is 0 Å². The fraction of sp³-hybridized carbons (Fsp3) is 0. The van der Waals surface area contributed by atoms with E-state index in [1.54, 1.807) is 0 Å². The van der Waals surface area contributed by atoms with Crippen molar-refractivity contribution in [2.75, 3.05) is 0 Å². The van der Waals surface area contributed by atoms with Crippen LogP contribution in [0.3, 0.4) is 0 Å². The van der Waals surface area contributed by atoms with Gasteiger partial charge in [-0.2, -0.15) is 0 Å². The van der Waals surface area contributed by atoms with Gasteiger partial charge in [0.2, 0.25) is 0 Å². The Balaban J connectivity index is 2.53. The summed E-state index contributed by atoms with van der Waals surface area (Å²) in [5.74, 6) is 0. The standard InChI is InChI=1S/HO5P/c1-6(2)4-3-5-6/h(H,1,2). The maximum absolute atomic E-state index is 9.66. The number of rotatable bonds is 0. The lowest BCUT2D eigenvalue weighted by Gasteiger charge is -2.13. The minimum Gasteiger partial charge on any atom is -0.299 e. The van der Waals surface area contributed by atoms with Crippen LogP contribution >= 0.6 is 7.82 Å². The van der Waals surface area contributed by atoms with E-state index in [1.807, 2.05) is 0 Å². The van der Waals surface area contributed by atoms with E-state index in [-0.39, 0.29) is 0 Å². The SMILES string of the molecule is O=P1(O)OOO1. The summed E-state index contributed by atoms with van der Waals surface area (Å²) in [6, 6.07) is 0. The Bertz CT molecular complexity index is 86.1. The summed E-state index contributed by atoms with van der Waals surface area (Å²) in [7, 11) is -3.69. The molecule has 1 saturated heterocycles. The molecule has 1 fully saturated rings. The first-order valence-electron chi connectivity index (χ1n) is 1.08. The van der Waals surface area contributed by atoms with Crippen LogP contribution in [0.2, 0.25) is 0 Å². The maximum Gasteiger partial charge on any atom is 0.531 e. The summed E-state index contributed by atoms with van der Waals surface area (Å²) >= 11 is 0. The van der Waals surface area contributed by atoms with Crippen LogP contribution in [-0.2, 0) is 19.0 Å². The van der Waals surface area contributed by atoms with Crippen LogP contribution in [0, 0.1) is 0 Å². The molecular weight excluding hydrogens is 111 g/mol. The van der Waals surface area contributed by atoms with Crippen molar-refractivity contribution in [3.05, 3.63) is 0 Å². The van der Waals surface area contributed by atoms with Gasteiger partial charge in [0.1, 0.15) is 0 Å². The molecule has 0 atom stereocenters. The van der Waals surface area contributed by atoms with E-state index in [0.29, 0.717) is 0 Å². The first-order valence-corrected chi connectivity index (χ1v) is 2.58. The quantitative estimate of drug-likeness (QED) is 0.352. The van der Waals surface area contributed by atoms with Crippen molar-refractivity contribution in [2.24, 2.45) is 0 Å². The minimum absolute atomic E-state index is 3.42. The van der Waals surface area contributed by atoms with Gasteiger partial charge in [0.25, 0.3) is 0 Å². The number of hydrogen-bond donors (Lipinski definition) is 1. The molecule has 0 spiro atoms. The van der Waals surface area contributed by atoms with Gasteiger partial charge in [-0.25, -0.2) is 4.57 Å². The van der Waals surface area contributed by atoms with Crippen LogP contribution in [0.5, 0.6) is 0 Å². The van der Waals surface area contributed by atoms with E-state index in [2.05, 4.69) is 14.4 Å². The first-order chi connectivity index (χ1) is 2.71. The molecule has 0 amide bonds. The van der Waals surface area contributed by atoms with E-state index in [4.69, 9.17) is 4.89 Å². The van der Waals surface area contributed by atoms with E-state index in [1.165, 1.54) is 0 Å². The normalized spacial score (nSPS) is 28.8. The second kappa shape index (κ2) is 1.02. The average Bonchev–Trinajstić information content (AvgIpc) is 1.32. The zero-order valence-corrected chi connectivity index (χ0v) is 3.42. The molecule has 6 heavy (non-hydrogen) atoms. The Morgan fingerprint density at radius 1 is 1.50 bits per heavy atom. The van der Waals surface area contributed by atoms with Crippen LogP contribution < -0.4 is 0 Å². The highest BCUT2D eigenvalue weighted by atomic mass is 31.2. The molecule has 0 aliphatic carbocycles. The predicted octanol–water partition coefficient (Wildman–Crippen LogP) is -0.0198. The van der Waals surface area contributed by atoms with Crippen molar-refractivity contribution in [2.45, 2.75) is 0 Å². The number of hydrogen-bond acceptors (Lipinski definition) is 4. The molecule has 0 bridgehead atoms. The molecule has 0 saturated carbocycles. The predicted molar refractivity (Wildman–Crippen MR) is 13.1 cm³/mol. The van der Waals surface area contributed by atoms with Crippen molar-refractivity contribution in [3.63, 3.8) is 0 Å². The van der Waals surface area contributed by atoms with Crippen molar-refractivity contribution < 1.29 is 23.8 Å². The molecule has 1 aliphatic rings. The molecule has 1 N–H and O–H groups in total. The minimum atomic E-state index is -3.69. The Labute approximate surface area is 32.9 Å². The highest BCUT2D eigenvalue weighted by Gasteiger charge is 2.35. The second-order valence-corrected chi connectivity index (χ2v) is 1.92. The Morgan fingerprint density at radius 2 is 1.83 bits per heavy atom. The lowest BCUT2D eigenvalue weighted by atomic mass is 14.5. The van der Waals surface area contributed by atoms with Crippen molar-refractivity contribution in [1.29, 1.82) is 0 Å². The summed E-state index contributed by atoms with van der Waals surface area (Å²) < 4.78 is 16.7. The molecule has 5 nitrogen and oxygen atoms in total. The zero-order chi connectivity index (χ0) is 4.62. The summed E-state index contributed by atoms with van der Waals surface area (Å²) in [5.41, 5.74) is 0. The third kappa shape index (κ3) is 0.589. The maximum atomic E-state index is 9.66. The highest BCUT2D eigenvalue weighted by molar-refractivity contribution is 7.47. The second-order valence-electron chi connectivity index (χ2n) is 0.686. The largest absolute Gasteiger partial charge is 0.531 e.